The summed E-state index contributed by atoms with van der Waals surface area (Å²) in [6.07, 6.45) is 2.48. The second-order valence-corrected chi connectivity index (χ2v) is 6.91. The van der Waals surface area contributed by atoms with Crippen LogP contribution in [-0.4, -0.2) is 44.8 Å². The van der Waals surface area contributed by atoms with Gasteiger partial charge < -0.3 is 9.64 Å². The minimum atomic E-state index is -0.0242. The van der Waals surface area contributed by atoms with Crippen LogP contribution in [0.2, 0.25) is 0 Å². The number of aromatic nitrogens is 3. The molecule has 4 rings (SSSR count). The Morgan fingerprint density at radius 2 is 2.24 bits per heavy atom. The summed E-state index contributed by atoms with van der Waals surface area (Å²) >= 11 is 1.62. The van der Waals surface area contributed by atoms with Crippen LogP contribution in [0.25, 0.3) is 10.6 Å². The molecule has 0 aliphatic carbocycles. The first kappa shape index (κ1) is 15.8. The Kier molecular flexibility index (Phi) is 4.23. The third kappa shape index (κ3) is 3.28. The van der Waals surface area contributed by atoms with Gasteiger partial charge in [0.2, 0.25) is 5.88 Å². The van der Waals surface area contributed by atoms with Crippen LogP contribution in [-0.2, 0) is 7.05 Å². The number of amides is 1. The third-order valence-corrected chi connectivity index (χ3v) is 5.12. The van der Waals surface area contributed by atoms with Crippen molar-refractivity contribution in [3.8, 4) is 16.5 Å². The topological polar surface area (TPSA) is 60.2 Å². The molecule has 128 valence electrons. The Bertz CT molecular complexity index is 861. The number of thiophene rings is 1. The van der Waals surface area contributed by atoms with Crippen molar-refractivity contribution in [1.82, 2.24) is 19.7 Å². The van der Waals surface area contributed by atoms with Crippen LogP contribution >= 0.6 is 11.3 Å². The van der Waals surface area contributed by atoms with Crippen molar-refractivity contribution in [1.29, 1.82) is 0 Å². The summed E-state index contributed by atoms with van der Waals surface area (Å²) < 4.78 is 7.52. The van der Waals surface area contributed by atoms with Crippen molar-refractivity contribution in [3.63, 3.8) is 0 Å². The van der Waals surface area contributed by atoms with Crippen LogP contribution in [0.15, 0.2) is 48.0 Å². The molecule has 1 aliphatic heterocycles. The van der Waals surface area contributed by atoms with Crippen molar-refractivity contribution in [2.75, 3.05) is 13.1 Å². The van der Waals surface area contributed by atoms with Gasteiger partial charge in [0.25, 0.3) is 5.91 Å². The van der Waals surface area contributed by atoms with E-state index in [2.05, 4.69) is 10.1 Å². The van der Waals surface area contributed by atoms with Crippen molar-refractivity contribution in [2.45, 2.75) is 12.5 Å². The van der Waals surface area contributed by atoms with Crippen LogP contribution in [0.4, 0.5) is 0 Å². The highest BCUT2D eigenvalue weighted by molar-refractivity contribution is 7.13. The molecule has 0 N–H and O–H groups in total. The minimum Gasteiger partial charge on any atom is -0.472 e. The number of likely N-dealkylation sites (tertiary alicyclic amines) is 1. The lowest BCUT2D eigenvalue weighted by molar-refractivity contribution is 0.0760. The standard InChI is InChI=1S/C18H18N4O2S/c1-21-15(11-14(20-21)16-5-4-10-25-16)18(23)22-9-7-13(12-22)24-17-6-2-3-8-19-17/h2-6,8,10-11,13H,7,9,12H2,1H3. The summed E-state index contributed by atoms with van der Waals surface area (Å²) in [5.74, 6) is 0.590. The van der Waals surface area contributed by atoms with Crippen molar-refractivity contribution in [3.05, 3.63) is 53.7 Å². The smallest absolute Gasteiger partial charge is 0.272 e. The molecule has 4 heterocycles. The Balaban J connectivity index is 1.45. The summed E-state index contributed by atoms with van der Waals surface area (Å²) in [6, 6.07) is 11.4. The van der Waals surface area contributed by atoms with Gasteiger partial charge in [-0.15, -0.1) is 11.3 Å². The Hall–Kier alpha value is -2.67. The largest absolute Gasteiger partial charge is 0.472 e. The lowest BCUT2D eigenvalue weighted by Gasteiger charge is -2.16. The van der Waals surface area contributed by atoms with E-state index in [0.717, 1.165) is 17.0 Å². The number of nitrogens with zero attached hydrogens (tertiary/aromatic N) is 4. The number of hydrogen-bond acceptors (Lipinski definition) is 5. The zero-order chi connectivity index (χ0) is 17.2. The van der Waals surface area contributed by atoms with E-state index in [4.69, 9.17) is 4.74 Å². The number of aryl methyl sites for hydroxylation is 1. The van der Waals surface area contributed by atoms with Crippen LogP contribution in [0.5, 0.6) is 5.88 Å². The predicted octanol–water partition coefficient (Wildman–Crippen LogP) is 2.84. The molecule has 1 saturated heterocycles. The number of hydrogen-bond donors (Lipinski definition) is 0. The van der Waals surface area contributed by atoms with E-state index in [1.165, 1.54) is 0 Å². The maximum Gasteiger partial charge on any atom is 0.272 e. The summed E-state index contributed by atoms with van der Waals surface area (Å²) in [4.78, 5) is 19.9. The zero-order valence-electron chi connectivity index (χ0n) is 13.8. The maximum atomic E-state index is 12.8. The van der Waals surface area contributed by atoms with Crippen LogP contribution < -0.4 is 4.74 Å². The van der Waals surface area contributed by atoms with Gasteiger partial charge in [-0.25, -0.2) is 4.98 Å². The van der Waals surface area contributed by atoms with Gasteiger partial charge in [-0.2, -0.15) is 5.10 Å². The summed E-state index contributed by atoms with van der Waals surface area (Å²) in [7, 11) is 1.81. The average molecular weight is 354 g/mol. The summed E-state index contributed by atoms with van der Waals surface area (Å²) in [5.41, 5.74) is 1.43. The van der Waals surface area contributed by atoms with E-state index >= 15 is 0 Å². The average Bonchev–Trinajstić information content (AvgIpc) is 3.35. The Labute approximate surface area is 149 Å². The molecule has 0 saturated carbocycles. The molecule has 3 aromatic rings. The maximum absolute atomic E-state index is 12.8. The van der Waals surface area contributed by atoms with Gasteiger partial charge in [-0.1, -0.05) is 12.1 Å². The summed E-state index contributed by atoms with van der Waals surface area (Å²) in [5, 5.41) is 6.48. The molecule has 0 radical (unpaired) electrons. The van der Waals surface area contributed by atoms with E-state index in [1.54, 1.807) is 22.2 Å². The molecule has 6 nitrogen and oxygen atoms in total. The molecule has 1 aliphatic rings. The Morgan fingerprint density at radius 3 is 3.00 bits per heavy atom. The monoisotopic (exact) mass is 354 g/mol. The zero-order valence-corrected chi connectivity index (χ0v) is 14.6. The molecule has 0 spiro atoms. The van der Waals surface area contributed by atoms with Gasteiger partial charge in [-0.05, 0) is 23.6 Å². The normalized spacial score (nSPS) is 17.0. The highest BCUT2D eigenvalue weighted by Gasteiger charge is 2.30. The molecule has 1 fully saturated rings. The highest BCUT2D eigenvalue weighted by Crippen LogP contribution is 2.25. The molecular weight excluding hydrogens is 336 g/mol. The minimum absolute atomic E-state index is 0.00933. The van der Waals surface area contributed by atoms with Crippen molar-refractivity contribution in [2.24, 2.45) is 7.05 Å². The quantitative estimate of drug-likeness (QED) is 0.723. The summed E-state index contributed by atoms with van der Waals surface area (Å²) in [6.45, 7) is 1.24. The van der Waals surface area contributed by atoms with E-state index in [0.29, 0.717) is 24.7 Å². The van der Waals surface area contributed by atoms with Gasteiger partial charge in [0.15, 0.2) is 0 Å². The number of carbonyl (C=O) groups is 1. The number of pyridine rings is 1. The molecule has 25 heavy (non-hydrogen) atoms. The SMILES string of the molecule is Cn1nc(-c2cccs2)cc1C(=O)N1CCC(Oc2ccccn2)C1. The molecular formula is C18H18N4O2S. The van der Waals surface area contributed by atoms with E-state index in [1.807, 2.05) is 53.7 Å². The van der Waals surface area contributed by atoms with Crippen molar-refractivity contribution >= 4 is 17.2 Å². The van der Waals surface area contributed by atoms with Gasteiger partial charge in [0.1, 0.15) is 17.5 Å². The second kappa shape index (κ2) is 6.68. The lowest BCUT2D eigenvalue weighted by atomic mass is 10.3. The van der Waals surface area contributed by atoms with E-state index < -0.39 is 0 Å². The van der Waals surface area contributed by atoms with E-state index in [-0.39, 0.29) is 12.0 Å². The van der Waals surface area contributed by atoms with Crippen LogP contribution in [0.3, 0.4) is 0 Å². The number of ether oxygens (including phenoxy) is 1. The molecule has 3 aromatic heterocycles. The molecule has 0 aromatic carbocycles. The third-order valence-electron chi connectivity index (χ3n) is 4.23. The van der Waals surface area contributed by atoms with Gasteiger partial charge in [0.05, 0.1) is 11.4 Å². The Morgan fingerprint density at radius 1 is 1.32 bits per heavy atom. The first-order valence-electron chi connectivity index (χ1n) is 8.15. The van der Waals surface area contributed by atoms with Crippen LogP contribution in [0.1, 0.15) is 16.9 Å². The fraction of sp³-hybridized carbons (Fsp3) is 0.278. The molecule has 1 amide bonds. The van der Waals surface area contributed by atoms with Crippen molar-refractivity contribution < 1.29 is 9.53 Å². The fourth-order valence-corrected chi connectivity index (χ4v) is 3.65. The number of rotatable bonds is 4. The highest BCUT2D eigenvalue weighted by atomic mass is 32.1. The number of carbonyl (C=O) groups excluding carboxylic acids is 1. The first-order chi connectivity index (χ1) is 12.2. The van der Waals surface area contributed by atoms with Gasteiger partial charge in [-0.3, -0.25) is 9.48 Å². The molecule has 7 heteroatoms. The van der Waals surface area contributed by atoms with Gasteiger partial charge in [0, 0.05) is 32.3 Å². The molecule has 0 bridgehead atoms. The molecule has 1 unspecified atom stereocenters. The lowest BCUT2D eigenvalue weighted by Crippen LogP contribution is -2.32. The second-order valence-electron chi connectivity index (χ2n) is 5.96. The fourth-order valence-electron chi connectivity index (χ4n) is 2.97. The van der Waals surface area contributed by atoms with E-state index in [9.17, 15) is 4.79 Å². The predicted molar refractivity (Wildman–Crippen MR) is 95.7 cm³/mol. The molecule has 1 atom stereocenters. The van der Waals surface area contributed by atoms with Crippen LogP contribution in [0, 0.1) is 0 Å². The first-order valence-corrected chi connectivity index (χ1v) is 9.03. The van der Waals surface area contributed by atoms with Gasteiger partial charge >= 0.3 is 0 Å².